The fourth-order valence-electron chi connectivity index (χ4n) is 2.66. The molecule has 0 unspecified atom stereocenters. The molecule has 1 aromatic rings. The summed E-state index contributed by atoms with van der Waals surface area (Å²) in [5.74, 6) is -0.319. The van der Waals surface area contributed by atoms with E-state index >= 15 is 0 Å². The minimum atomic E-state index is -1.46. The van der Waals surface area contributed by atoms with Crippen LogP contribution in [-0.4, -0.2) is 43.3 Å². The van der Waals surface area contributed by atoms with Gasteiger partial charge in [-0.1, -0.05) is 18.2 Å². The van der Waals surface area contributed by atoms with Gasteiger partial charge in [0.2, 0.25) is 0 Å². The van der Waals surface area contributed by atoms with Crippen LogP contribution >= 0.6 is 0 Å². The van der Waals surface area contributed by atoms with Crippen molar-refractivity contribution in [3.05, 3.63) is 42.5 Å². The zero-order valence-corrected chi connectivity index (χ0v) is 13.4. The number of hydrogen-bond donors (Lipinski definition) is 1. The van der Waals surface area contributed by atoms with Gasteiger partial charge in [-0.2, -0.15) is 0 Å². The molecule has 1 fully saturated rings. The van der Waals surface area contributed by atoms with E-state index < -0.39 is 24.0 Å². The standard InChI is InChI=1S/C17H22O6/c1-4-9-17(16(18)19)14(10-15(21-3)23-17)22-11-12-5-7-13(20-2)8-6-12/h4-8,14-15H,1,9-11H2,2-3H3,(H,18,19)/t14-,15+,17+/m1/s1. The first kappa shape index (κ1) is 17.5. The normalized spacial score (nSPS) is 26.9. The Hall–Kier alpha value is -1.89. The van der Waals surface area contributed by atoms with Crippen LogP contribution < -0.4 is 4.74 Å². The smallest absolute Gasteiger partial charge is 0.339 e. The molecule has 6 heteroatoms. The number of hydrogen-bond acceptors (Lipinski definition) is 5. The predicted molar refractivity (Wildman–Crippen MR) is 83.3 cm³/mol. The van der Waals surface area contributed by atoms with Gasteiger partial charge in [0.25, 0.3) is 0 Å². The van der Waals surface area contributed by atoms with E-state index in [0.29, 0.717) is 6.42 Å². The highest BCUT2D eigenvalue weighted by Crippen LogP contribution is 2.37. The summed E-state index contributed by atoms with van der Waals surface area (Å²) in [7, 11) is 3.08. The van der Waals surface area contributed by atoms with Crippen molar-refractivity contribution in [1.82, 2.24) is 0 Å². The molecule has 0 saturated carbocycles. The van der Waals surface area contributed by atoms with Crippen molar-refractivity contribution >= 4 is 5.97 Å². The fourth-order valence-corrected chi connectivity index (χ4v) is 2.66. The summed E-state index contributed by atoms with van der Waals surface area (Å²) in [4.78, 5) is 11.8. The summed E-state index contributed by atoms with van der Waals surface area (Å²) in [5, 5.41) is 9.62. The van der Waals surface area contributed by atoms with E-state index in [2.05, 4.69) is 6.58 Å². The van der Waals surface area contributed by atoms with Crippen LogP contribution in [0.15, 0.2) is 36.9 Å². The molecule has 23 heavy (non-hydrogen) atoms. The molecule has 1 heterocycles. The van der Waals surface area contributed by atoms with Crippen molar-refractivity contribution in [3.63, 3.8) is 0 Å². The Labute approximate surface area is 135 Å². The summed E-state index contributed by atoms with van der Waals surface area (Å²) in [6.07, 6.45) is 0.801. The lowest BCUT2D eigenvalue weighted by Crippen LogP contribution is -2.48. The molecule has 1 aromatic carbocycles. The molecule has 6 nitrogen and oxygen atoms in total. The number of carbonyl (C=O) groups is 1. The summed E-state index contributed by atoms with van der Waals surface area (Å²) in [6.45, 7) is 3.90. The van der Waals surface area contributed by atoms with Gasteiger partial charge in [0.15, 0.2) is 11.9 Å². The van der Waals surface area contributed by atoms with E-state index in [4.69, 9.17) is 18.9 Å². The number of benzene rings is 1. The zero-order valence-electron chi connectivity index (χ0n) is 13.4. The third-order valence-electron chi connectivity index (χ3n) is 3.95. The average molecular weight is 322 g/mol. The molecule has 1 aliphatic heterocycles. The maximum atomic E-state index is 11.8. The highest BCUT2D eigenvalue weighted by atomic mass is 16.7. The summed E-state index contributed by atoms with van der Waals surface area (Å²) in [6, 6.07) is 7.41. The van der Waals surface area contributed by atoms with Crippen LogP contribution in [0.25, 0.3) is 0 Å². The van der Waals surface area contributed by atoms with Gasteiger partial charge in [-0.25, -0.2) is 4.79 Å². The second kappa shape index (κ2) is 7.59. The molecule has 0 spiro atoms. The van der Waals surface area contributed by atoms with Crippen molar-refractivity contribution < 1.29 is 28.8 Å². The monoisotopic (exact) mass is 322 g/mol. The number of rotatable bonds is 8. The number of carboxylic acid groups (broad SMARTS) is 1. The van der Waals surface area contributed by atoms with Crippen molar-refractivity contribution in [2.45, 2.75) is 37.4 Å². The van der Waals surface area contributed by atoms with E-state index in [1.54, 1.807) is 7.11 Å². The molecule has 0 radical (unpaired) electrons. The predicted octanol–water partition coefficient (Wildman–Crippen LogP) is 2.37. The summed E-state index contributed by atoms with van der Waals surface area (Å²) >= 11 is 0. The highest BCUT2D eigenvalue weighted by molar-refractivity contribution is 5.79. The van der Waals surface area contributed by atoms with Crippen LogP contribution in [0.3, 0.4) is 0 Å². The highest BCUT2D eigenvalue weighted by Gasteiger charge is 2.55. The zero-order chi connectivity index (χ0) is 16.9. The molecule has 0 aromatic heterocycles. The van der Waals surface area contributed by atoms with E-state index in [1.807, 2.05) is 24.3 Å². The van der Waals surface area contributed by atoms with Gasteiger partial charge in [-0.3, -0.25) is 0 Å². The van der Waals surface area contributed by atoms with E-state index in [9.17, 15) is 9.90 Å². The van der Waals surface area contributed by atoms with Gasteiger partial charge < -0.3 is 24.1 Å². The molecule has 1 aliphatic rings. The Morgan fingerprint density at radius 1 is 1.43 bits per heavy atom. The molecule has 3 atom stereocenters. The van der Waals surface area contributed by atoms with E-state index in [-0.39, 0.29) is 13.0 Å². The Morgan fingerprint density at radius 3 is 2.65 bits per heavy atom. The maximum absolute atomic E-state index is 11.8. The summed E-state index contributed by atoms with van der Waals surface area (Å²) < 4.78 is 21.7. The molecular weight excluding hydrogens is 300 g/mol. The van der Waals surface area contributed by atoms with Gasteiger partial charge in [-0.15, -0.1) is 6.58 Å². The Bertz CT molecular complexity index is 541. The minimum absolute atomic E-state index is 0.148. The first-order valence-corrected chi connectivity index (χ1v) is 7.35. The lowest BCUT2D eigenvalue weighted by atomic mass is 9.93. The molecular formula is C17H22O6. The van der Waals surface area contributed by atoms with Gasteiger partial charge >= 0.3 is 5.97 Å². The third-order valence-corrected chi connectivity index (χ3v) is 3.95. The van der Waals surface area contributed by atoms with Crippen LogP contribution in [0, 0.1) is 0 Å². The minimum Gasteiger partial charge on any atom is -0.497 e. The van der Waals surface area contributed by atoms with Crippen molar-refractivity contribution in [2.24, 2.45) is 0 Å². The van der Waals surface area contributed by atoms with Crippen LogP contribution in [-0.2, 0) is 25.6 Å². The number of aliphatic carboxylic acids is 1. The van der Waals surface area contributed by atoms with Gasteiger partial charge in [-0.05, 0) is 17.7 Å². The quantitative estimate of drug-likeness (QED) is 0.741. The largest absolute Gasteiger partial charge is 0.497 e. The number of carboxylic acids is 1. The molecule has 1 N–H and O–H groups in total. The number of methoxy groups -OCH3 is 2. The molecule has 0 aliphatic carbocycles. The van der Waals surface area contributed by atoms with Crippen molar-refractivity contribution in [1.29, 1.82) is 0 Å². The lowest BCUT2D eigenvalue weighted by Gasteiger charge is -2.29. The number of ether oxygens (including phenoxy) is 4. The van der Waals surface area contributed by atoms with E-state index in [0.717, 1.165) is 11.3 Å². The SMILES string of the molecule is C=CC[C@]1(C(=O)O)O[C@H](OC)C[C@H]1OCc1ccc(OC)cc1. The Kier molecular flexibility index (Phi) is 5.76. The van der Waals surface area contributed by atoms with Gasteiger partial charge in [0.1, 0.15) is 11.9 Å². The van der Waals surface area contributed by atoms with Gasteiger partial charge in [0, 0.05) is 20.0 Å². The van der Waals surface area contributed by atoms with Crippen LogP contribution in [0.5, 0.6) is 5.75 Å². The molecule has 1 saturated heterocycles. The maximum Gasteiger partial charge on any atom is 0.339 e. The van der Waals surface area contributed by atoms with E-state index in [1.165, 1.54) is 13.2 Å². The van der Waals surface area contributed by atoms with Crippen molar-refractivity contribution in [3.8, 4) is 5.75 Å². The second-order valence-electron chi connectivity index (χ2n) is 5.35. The lowest BCUT2D eigenvalue weighted by molar-refractivity contribution is -0.197. The first-order valence-electron chi connectivity index (χ1n) is 7.35. The first-order chi connectivity index (χ1) is 11.1. The molecule has 0 bridgehead atoms. The van der Waals surface area contributed by atoms with Crippen LogP contribution in [0.2, 0.25) is 0 Å². The fraction of sp³-hybridized carbons (Fsp3) is 0.471. The van der Waals surface area contributed by atoms with Gasteiger partial charge in [0.05, 0.1) is 13.7 Å². The summed E-state index contributed by atoms with van der Waals surface area (Å²) in [5.41, 5.74) is -0.543. The molecule has 0 amide bonds. The average Bonchev–Trinajstić information content (AvgIpc) is 2.93. The third kappa shape index (κ3) is 3.72. The molecule has 126 valence electrons. The van der Waals surface area contributed by atoms with Crippen molar-refractivity contribution in [2.75, 3.05) is 14.2 Å². The van der Waals surface area contributed by atoms with Crippen LogP contribution in [0.4, 0.5) is 0 Å². The second-order valence-corrected chi connectivity index (χ2v) is 5.35. The Morgan fingerprint density at radius 2 is 2.13 bits per heavy atom. The molecule has 2 rings (SSSR count). The van der Waals surface area contributed by atoms with Crippen LogP contribution in [0.1, 0.15) is 18.4 Å². The topological polar surface area (TPSA) is 74.2 Å². The Balaban J connectivity index is 2.10.